The second-order valence-electron chi connectivity index (χ2n) is 4.51. The van der Waals surface area contributed by atoms with Crippen LogP contribution in [0.4, 0.5) is 0 Å². The van der Waals surface area contributed by atoms with E-state index in [0.29, 0.717) is 32.7 Å². The van der Waals surface area contributed by atoms with Gasteiger partial charge in [0, 0.05) is 17.3 Å². The predicted octanol–water partition coefficient (Wildman–Crippen LogP) is 3.21. The minimum absolute atomic E-state index is 0.127. The highest BCUT2D eigenvalue weighted by Crippen LogP contribution is 2.31. The Morgan fingerprint density at radius 2 is 2.00 bits per heavy atom. The van der Waals surface area contributed by atoms with Crippen LogP contribution >= 0.6 is 35.4 Å². The summed E-state index contributed by atoms with van der Waals surface area (Å²) >= 11 is 17.2. The summed E-state index contributed by atoms with van der Waals surface area (Å²) in [4.78, 5) is 18.3. The van der Waals surface area contributed by atoms with Crippen molar-refractivity contribution in [2.75, 3.05) is 0 Å². The number of benzene rings is 1. The molecule has 0 saturated carbocycles. The van der Waals surface area contributed by atoms with Crippen molar-refractivity contribution in [2.24, 2.45) is 11.5 Å². The largest absolute Gasteiger partial charge is 0.398 e. The van der Waals surface area contributed by atoms with Gasteiger partial charge in [-0.15, -0.1) is 0 Å². The number of carbonyl (C=O) groups is 1. The summed E-state index contributed by atoms with van der Waals surface area (Å²) in [6.07, 6.45) is 1.09. The summed E-state index contributed by atoms with van der Waals surface area (Å²) in [6.45, 7) is 1.76. The number of hydrogen-bond acceptors (Lipinski definition) is 4. The van der Waals surface area contributed by atoms with Gasteiger partial charge in [-0.05, 0) is 19.1 Å². The van der Waals surface area contributed by atoms with Crippen LogP contribution in [-0.2, 0) is 4.79 Å². The second kappa shape index (κ2) is 6.48. The average Bonchev–Trinajstić information content (AvgIpc) is 2.39. The van der Waals surface area contributed by atoms with Gasteiger partial charge in [0.15, 0.2) is 0 Å². The number of nitrogens with one attached hydrogen (secondary N) is 1. The zero-order chi connectivity index (χ0) is 16.4. The SMILES string of the molecule is Cc1nc(=S)c(/C(N)=C/C(N)=O)c(-c2ccc(Cl)c(Cl)c2)[nH]1. The van der Waals surface area contributed by atoms with E-state index in [1.54, 1.807) is 25.1 Å². The number of nitrogens with zero attached hydrogens (tertiary/aromatic N) is 1. The second-order valence-corrected chi connectivity index (χ2v) is 5.71. The smallest absolute Gasteiger partial charge is 0.243 e. The van der Waals surface area contributed by atoms with Gasteiger partial charge in [0.05, 0.1) is 21.3 Å². The van der Waals surface area contributed by atoms with Crippen LogP contribution in [0.5, 0.6) is 0 Å². The summed E-state index contributed by atoms with van der Waals surface area (Å²) in [5.74, 6) is -0.0748. The van der Waals surface area contributed by atoms with E-state index < -0.39 is 5.91 Å². The fourth-order valence-corrected chi connectivity index (χ4v) is 2.60. The number of primary amides is 1. The standard InChI is InChI=1S/C14H12Cl2N4OS/c1-6-19-13(7-2-3-8(15)9(16)4-7)12(14(22)20-6)10(17)5-11(18)21/h2-5H,17H2,1H3,(H2,18,21)(H,19,20,22)/b10-5-. The normalized spacial score (nSPS) is 11.5. The van der Waals surface area contributed by atoms with E-state index in [-0.39, 0.29) is 10.3 Å². The lowest BCUT2D eigenvalue weighted by Crippen LogP contribution is -2.12. The van der Waals surface area contributed by atoms with Gasteiger partial charge in [-0.3, -0.25) is 4.79 Å². The first-order chi connectivity index (χ1) is 10.3. The van der Waals surface area contributed by atoms with Crippen LogP contribution in [0.2, 0.25) is 10.0 Å². The lowest BCUT2D eigenvalue weighted by atomic mass is 10.0. The van der Waals surface area contributed by atoms with Crippen LogP contribution in [0.1, 0.15) is 11.4 Å². The molecule has 1 aromatic carbocycles. The van der Waals surface area contributed by atoms with Crippen molar-refractivity contribution in [3.8, 4) is 11.3 Å². The molecule has 1 amide bonds. The molecule has 2 rings (SSSR count). The third-order valence-corrected chi connectivity index (χ3v) is 3.87. The molecule has 2 aromatic rings. The van der Waals surface area contributed by atoms with E-state index in [1.165, 1.54) is 0 Å². The quantitative estimate of drug-likeness (QED) is 0.582. The van der Waals surface area contributed by atoms with Crippen LogP contribution in [0, 0.1) is 11.6 Å². The number of carbonyl (C=O) groups excluding carboxylic acids is 1. The molecule has 0 atom stereocenters. The van der Waals surface area contributed by atoms with Crippen molar-refractivity contribution in [2.45, 2.75) is 6.92 Å². The van der Waals surface area contributed by atoms with Crippen molar-refractivity contribution in [1.29, 1.82) is 0 Å². The maximum atomic E-state index is 11.1. The van der Waals surface area contributed by atoms with E-state index in [4.69, 9.17) is 46.9 Å². The molecule has 0 radical (unpaired) electrons. The van der Waals surface area contributed by atoms with Gasteiger partial charge in [-0.1, -0.05) is 41.5 Å². The number of halogens is 2. The lowest BCUT2D eigenvalue weighted by molar-refractivity contribution is -0.113. The first kappa shape index (κ1) is 16.5. The first-order valence-electron chi connectivity index (χ1n) is 6.13. The number of hydrogen-bond donors (Lipinski definition) is 3. The van der Waals surface area contributed by atoms with E-state index >= 15 is 0 Å². The highest BCUT2D eigenvalue weighted by Gasteiger charge is 2.14. The zero-order valence-corrected chi connectivity index (χ0v) is 13.8. The van der Waals surface area contributed by atoms with Gasteiger partial charge in [0.25, 0.3) is 0 Å². The van der Waals surface area contributed by atoms with Gasteiger partial charge in [-0.25, -0.2) is 4.98 Å². The molecule has 0 bridgehead atoms. The predicted molar refractivity (Wildman–Crippen MR) is 91.0 cm³/mol. The summed E-state index contributed by atoms with van der Waals surface area (Å²) in [5, 5.41) is 0.813. The molecule has 1 heterocycles. The molecule has 5 N–H and O–H groups in total. The van der Waals surface area contributed by atoms with Crippen molar-refractivity contribution >= 4 is 47.0 Å². The molecule has 0 aliphatic heterocycles. The van der Waals surface area contributed by atoms with E-state index in [9.17, 15) is 4.79 Å². The Bertz CT molecular complexity index is 845. The molecule has 0 saturated heterocycles. The molecule has 5 nitrogen and oxygen atoms in total. The van der Waals surface area contributed by atoms with Crippen molar-refractivity contribution in [3.05, 3.63) is 50.3 Å². The van der Waals surface area contributed by atoms with E-state index in [1.807, 2.05) is 0 Å². The van der Waals surface area contributed by atoms with Crippen molar-refractivity contribution in [1.82, 2.24) is 9.97 Å². The van der Waals surface area contributed by atoms with Crippen LogP contribution in [0.25, 0.3) is 17.0 Å². The highest BCUT2D eigenvalue weighted by molar-refractivity contribution is 7.71. The molecule has 0 unspecified atom stereocenters. The number of aryl methyl sites for hydroxylation is 1. The Hall–Kier alpha value is -1.89. The molecule has 0 aliphatic rings. The minimum Gasteiger partial charge on any atom is -0.398 e. The van der Waals surface area contributed by atoms with Crippen molar-refractivity contribution in [3.63, 3.8) is 0 Å². The topological polar surface area (TPSA) is 97.8 Å². The monoisotopic (exact) mass is 354 g/mol. The fourth-order valence-electron chi connectivity index (χ4n) is 1.95. The highest BCUT2D eigenvalue weighted by atomic mass is 35.5. The van der Waals surface area contributed by atoms with Crippen LogP contribution < -0.4 is 11.5 Å². The van der Waals surface area contributed by atoms with Crippen LogP contribution in [0.15, 0.2) is 24.3 Å². The fraction of sp³-hybridized carbons (Fsp3) is 0.0714. The maximum Gasteiger partial charge on any atom is 0.243 e. The Kier molecular flexibility index (Phi) is 4.85. The first-order valence-corrected chi connectivity index (χ1v) is 7.29. The molecule has 1 aromatic heterocycles. The number of amides is 1. The number of aromatic nitrogens is 2. The number of rotatable bonds is 3. The molecule has 0 spiro atoms. The Balaban J connectivity index is 2.77. The van der Waals surface area contributed by atoms with Gasteiger partial charge >= 0.3 is 0 Å². The number of nitrogens with two attached hydrogens (primary N) is 2. The van der Waals surface area contributed by atoms with E-state index in [0.717, 1.165) is 6.08 Å². The van der Waals surface area contributed by atoms with Crippen LogP contribution in [0.3, 0.4) is 0 Å². The molecular weight excluding hydrogens is 343 g/mol. The number of H-pyrrole nitrogens is 1. The molecule has 114 valence electrons. The maximum absolute atomic E-state index is 11.1. The lowest BCUT2D eigenvalue weighted by Gasteiger charge is -2.12. The summed E-state index contributed by atoms with van der Waals surface area (Å²) in [7, 11) is 0. The van der Waals surface area contributed by atoms with Gasteiger partial charge < -0.3 is 16.5 Å². The van der Waals surface area contributed by atoms with Crippen LogP contribution in [-0.4, -0.2) is 15.9 Å². The Labute approximate surface area is 142 Å². The molecule has 22 heavy (non-hydrogen) atoms. The summed E-state index contributed by atoms with van der Waals surface area (Å²) in [5.41, 5.74) is 12.9. The Morgan fingerprint density at radius 3 is 2.59 bits per heavy atom. The molecule has 0 aliphatic carbocycles. The summed E-state index contributed by atoms with van der Waals surface area (Å²) < 4.78 is 0.257. The Morgan fingerprint density at radius 1 is 1.32 bits per heavy atom. The molecule has 8 heteroatoms. The van der Waals surface area contributed by atoms with Gasteiger partial charge in [0.1, 0.15) is 10.5 Å². The average molecular weight is 355 g/mol. The molecular formula is C14H12Cl2N4OS. The zero-order valence-electron chi connectivity index (χ0n) is 11.5. The number of aromatic amines is 1. The summed E-state index contributed by atoms with van der Waals surface area (Å²) in [6, 6.07) is 5.09. The van der Waals surface area contributed by atoms with Gasteiger partial charge in [-0.2, -0.15) is 0 Å². The third kappa shape index (κ3) is 3.47. The molecule has 0 fully saturated rings. The van der Waals surface area contributed by atoms with Crippen molar-refractivity contribution < 1.29 is 4.79 Å². The minimum atomic E-state index is -0.674. The van der Waals surface area contributed by atoms with E-state index in [2.05, 4.69) is 9.97 Å². The third-order valence-electron chi connectivity index (χ3n) is 2.83. The van der Waals surface area contributed by atoms with Gasteiger partial charge in [0.2, 0.25) is 5.91 Å².